The first-order valence-corrected chi connectivity index (χ1v) is 9.97. The van der Waals surface area contributed by atoms with E-state index in [4.69, 9.17) is 4.42 Å². The number of nitrogens with zero attached hydrogens (tertiary/aromatic N) is 3. The molecule has 1 amide bonds. The summed E-state index contributed by atoms with van der Waals surface area (Å²) in [7, 11) is 0. The van der Waals surface area contributed by atoms with E-state index in [0.717, 1.165) is 22.2 Å². The second-order valence-electron chi connectivity index (χ2n) is 6.55. The lowest BCUT2D eigenvalue weighted by Crippen LogP contribution is -2.23. The molecule has 142 valence electrons. The minimum Gasteiger partial charge on any atom is -0.451 e. The second kappa shape index (κ2) is 7.37. The van der Waals surface area contributed by atoms with Crippen molar-refractivity contribution in [3.05, 3.63) is 89.5 Å². The molecule has 0 aliphatic rings. The Hall–Kier alpha value is -3.71. The van der Waals surface area contributed by atoms with Crippen LogP contribution < -0.4 is 5.32 Å². The third kappa shape index (κ3) is 3.32. The lowest BCUT2D eigenvalue weighted by atomic mass is 10.1. The van der Waals surface area contributed by atoms with E-state index >= 15 is 0 Å². The molecule has 0 atom stereocenters. The Balaban J connectivity index is 1.57. The van der Waals surface area contributed by atoms with Crippen LogP contribution in [0.4, 0.5) is 0 Å². The van der Waals surface area contributed by atoms with E-state index in [2.05, 4.69) is 32.8 Å². The van der Waals surface area contributed by atoms with Gasteiger partial charge in [0.25, 0.3) is 5.91 Å². The van der Waals surface area contributed by atoms with E-state index in [-0.39, 0.29) is 5.91 Å². The van der Waals surface area contributed by atoms with Gasteiger partial charge in [0.1, 0.15) is 12.0 Å². The van der Waals surface area contributed by atoms with Crippen molar-refractivity contribution < 1.29 is 9.21 Å². The molecule has 7 heteroatoms. The van der Waals surface area contributed by atoms with Crippen molar-refractivity contribution in [1.29, 1.82) is 0 Å². The Morgan fingerprint density at radius 2 is 2.17 bits per heavy atom. The van der Waals surface area contributed by atoms with Crippen LogP contribution in [0.15, 0.2) is 82.8 Å². The molecule has 0 saturated heterocycles. The highest BCUT2D eigenvalue weighted by molar-refractivity contribution is 7.08. The fourth-order valence-corrected chi connectivity index (χ4v) is 3.98. The Kier molecular flexibility index (Phi) is 4.42. The zero-order valence-electron chi connectivity index (χ0n) is 15.3. The van der Waals surface area contributed by atoms with Gasteiger partial charge in [-0.3, -0.25) is 9.78 Å². The molecule has 5 aromatic heterocycles. The third-order valence-electron chi connectivity index (χ3n) is 4.72. The fraction of sp³-hybridized carbons (Fsp3) is 0.0455. The van der Waals surface area contributed by atoms with Crippen LogP contribution in [-0.4, -0.2) is 20.3 Å². The maximum Gasteiger partial charge on any atom is 0.253 e. The van der Waals surface area contributed by atoms with E-state index in [1.165, 1.54) is 6.39 Å². The number of hydrogen-bond donors (Lipinski definition) is 1. The van der Waals surface area contributed by atoms with Gasteiger partial charge in [-0.1, -0.05) is 12.1 Å². The van der Waals surface area contributed by atoms with Crippen LogP contribution in [0.2, 0.25) is 0 Å². The minimum absolute atomic E-state index is 0.173. The van der Waals surface area contributed by atoms with Gasteiger partial charge in [-0.25, -0.2) is 4.98 Å². The molecule has 0 saturated carbocycles. The van der Waals surface area contributed by atoms with Crippen molar-refractivity contribution in [3.8, 4) is 22.5 Å². The standard InChI is InChI=1S/C22H16N4O2S/c27-22(24-10-15-2-1-6-23-9-15)19-8-18-4-3-16(17-5-7-29-13-17)11-26(18)21(19)20-12-28-14-25-20/h1-9,11-14H,10H2,(H,24,27). The number of rotatable bonds is 5. The van der Waals surface area contributed by atoms with Gasteiger partial charge in [0, 0.05) is 30.7 Å². The van der Waals surface area contributed by atoms with Crippen LogP contribution in [0.1, 0.15) is 15.9 Å². The smallest absolute Gasteiger partial charge is 0.253 e. The molecular formula is C22H16N4O2S. The van der Waals surface area contributed by atoms with Crippen molar-refractivity contribution in [3.63, 3.8) is 0 Å². The molecule has 0 aromatic carbocycles. The normalized spacial score (nSPS) is 11.0. The summed E-state index contributed by atoms with van der Waals surface area (Å²) in [6.45, 7) is 0.400. The first kappa shape index (κ1) is 17.4. The first-order chi connectivity index (χ1) is 14.3. The lowest BCUT2D eigenvalue weighted by molar-refractivity contribution is 0.0951. The molecule has 5 rings (SSSR count). The second-order valence-corrected chi connectivity index (χ2v) is 7.33. The number of carbonyl (C=O) groups excluding carboxylic acids is 1. The van der Waals surface area contributed by atoms with Crippen molar-refractivity contribution >= 4 is 22.8 Å². The summed E-state index contributed by atoms with van der Waals surface area (Å²) in [5.74, 6) is -0.173. The number of pyridine rings is 2. The average Bonchev–Trinajstić information content (AvgIpc) is 3.52. The summed E-state index contributed by atoms with van der Waals surface area (Å²) in [5, 5.41) is 7.12. The van der Waals surface area contributed by atoms with Crippen LogP contribution in [0.5, 0.6) is 0 Å². The maximum atomic E-state index is 13.0. The lowest BCUT2D eigenvalue weighted by Gasteiger charge is -2.07. The summed E-state index contributed by atoms with van der Waals surface area (Å²) >= 11 is 1.65. The minimum atomic E-state index is -0.173. The monoisotopic (exact) mass is 400 g/mol. The summed E-state index contributed by atoms with van der Waals surface area (Å²) < 4.78 is 7.18. The number of carbonyl (C=O) groups is 1. The van der Waals surface area contributed by atoms with Gasteiger partial charge in [0.2, 0.25) is 0 Å². The molecule has 0 aliphatic heterocycles. The van der Waals surface area contributed by atoms with Crippen molar-refractivity contribution in [2.75, 3.05) is 0 Å². The Morgan fingerprint density at radius 3 is 2.93 bits per heavy atom. The van der Waals surface area contributed by atoms with E-state index in [9.17, 15) is 4.79 Å². The number of aromatic nitrogens is 3. The average molecular weight is 400 g/mol. The molecule has 29 heavy (non-hydrogen) atoms. The van der Waals surface area contributed by atoms with Crippen LogP contribution in [0, 0.1) is 0 Å². The number of thiophene rings is 1. The third-order valence-corrected chi connectivity index (χ3v) is 5.40. The molecule has 6 nitrogen and oxygen atoms in total. The fourth-order valence-electron chi connectivity index (χ4n) is 3.31. The van der Waals surface area contributed by atoms with Gasteiger partial charge in [-0.05, 0) is 51.7 Å². The van der Waals surface area contributed by atoms with Crippen molar-refractivity contribution in [2.24, 2.45) is 0 Å². The topological polar surface area (TPSA) is 72.4 Å². The largest absolute Gasteiger partial charge is 0.451 e. The number of nitrogens with one attached hydrogen (secondary N) is 1. The zero-order valence-corrected chi connectivity index (χ0v) is 16.1. The summed E-state index contributed by atoms with van der Waals surface area (Å²) in [5.41, 5.74) is 5.92. The molecule has 0 fully saturated rings. The Labute approximate surface area is 170 Å². The van der Waals surface area contributed by atoms with Crippen LogP contribution in [0.3, 0.4) is 0 Å². The zero-order chi connectivity index (χ0) is 19.6. The Bertz CT molecular complexity index is 1260. The highest BCUT2D eigenvalue weighted by Gasteiger charge is 2.20. The quantitative estimate of drug-likeness (QED) is 0.466. The highest BCUT2D eigenvalue weighted by atomic mass is 32.1. The number of fused-ring (bicyclic) bond motifs is 1. The molecule has 0 unspecified atom stereocenters. The van der Waals surface area contributed by atoms with E-state index in [0.29, 0.717) is 23.5 Å². The van der Waals surface area contributed by atoms with Gasteiger partial charge >= 0.3 is 0 Å². The summed E-state index contributed by atoms with van der Waals surface area (Å²) in [6.07, 6.45) is 8.40. The van der Waals surface area contributed by atoms with E-state index < -0.39 is 0 Å². The molecule has 1 N–H and O–H groups in total. The van der Waals surface area contributed by atoms with Crippen LogP contribution in [0.25, 0.3) is 28.0 Å². The van der Waals surface area contributed by atoms with Crippen LogP contribution >= 0.6 is 11.3 Å². The first-order valence-electron chi connectivity index (χ1n) is 9.03. The molecular weight excluding hydrogens is 384 g/mol. The molecule has 0 spiro atoms. The highest BCUT2D eigenvalue weighted by Crippen LogP contribution is 2.30. The van der Waals surface area contributed by atoms with Crippen LogP contribution in [-0.2, 0) is 6.54 Å². The van der Waals surface area contributed by atoms with Gasteiger partial charge < -0.3 is 14.1 Å². The maximum absolute atomic E-state index is 13.0. The molecule has 5 aromatic rings. The predicted molar refractivity (Wildman–Crippen MR) is 112 cm³/mol. The predicted octanol–water partition coefficient (Wildman–Crippen LogP) is 4.65. The number of amides is 1. The van der Waals surface area contributed by atoms with Gasteiger partial charge in [0.15, 0.2) is 6.39 Å². The molecule has 0 radical (unpaired) electrons. The van der Waals surface area contributed by atoms with Crippen molar-refractivity contribution in [1.82, 2.24) is 19.7 Å². The van der Waals surface area contributed by atoms with Gasteiger partial charge in [-0.15, -0.1) is 0 Å². The summed E-state index contributed by atoms with van der Waals surface area (Å²) in [4.78, 5) is 21.4. The Morgan fingerprint density at radius 1 is 1.21 bits per heavy atom. The van der Waals surface area contributed by atoms with E-state index in [1.54, 1.807) is 30.0 Å². The van der Waals surface area contributed by atoms with E-state index in [1.807, 2.05) is 40.2 Å². The molecule has 0 bridgehead atoms. The van der Waals surface area contributed by atoms with Gasteiger partial charge in [-0.2, -0.15) is 11.3 Å². The number of hydrogen-bond acceptors (Lipinski definition) is 5. The van der Waals surface area contributed by atoms with Crippen molar-refractivity contribution in [2.45, 2.75) is 6.54 Å². The number of oxazole rings is 1. The SMILES string of the molecule is O=C(NCc1cccnc1)c1cc2ccc(-c3ccsc3)cn2c1-c1cocn1. The summed E-state index contributed by atoms with van der Waals surface area (Å²) in [6, 6.07) is 11.8. The molecule has 0 aliphatic carbocycles. The molecule has 5 heterocycles. The van der Waals surface area contributed by atoms with Gasteiger partial charge in [0.05, 0.1) is 11.3 Å².